The van der Waals surface area contributed by atoms with Crippen LogP contribution in [-0.2, 0) is 4.79 Å². The second-order valence-corrected chi connectivity index (χ2v) is 4.53. The van der Waals surface area contributed by atoms with Gasteiger partial charge in [0.2, 0.25) is 0 Å². The van der Waals surface area contributed by atoms with E-state index in [4.69, 9.17) is 4.74 Å². The summed E-state index contributed by atoms with van der Waals surface area (Å²) in [6, 6.07) is 13.6. The smallest absolute Gasteiger partial charge is 0.265 e. The van der Waals surface area contributed by atoms with Crippen LogP contribution < -0.4 is 10.1 Å². The highest BCUT2D eigenvalue weighted by molar-refractivity contribution is 5.94. The normalized spacial score (nSPS) is 11.8. The van der Waals surface area contributed by atoms with Crippen molar-refractivity contribution < 1.29 is 13.9 Å². The molecule has 20 heavy (non-hydrogen) atoms. The van der Waals surface area contributed by atoms with Crippen LogP contribution in [-0.4, -0.2) is 12.0 Å². The number of amides is 1. The van der Waals surface area contributed by atoms with E-state index in [1.165, 1.54) is 6.07 Å². The number of halogens is 1. The van der Waals surface area contributed by atoms with Gasteiger partial charge in [0.15, 0.2) is 6.10 Å². The van der Waals surface area contributed by atoms with E-state index in [-0.39, 0.29) is 11.7 Å². The quantitative estimate of drug-likeness (QED) is 0.925. The monoisotopic (exact) mass is 273 g/mol. The fraction of sp³-hybridized carbons (Fsp3) is 0.188. The standard InChI is InChI=1S/C16H16FNO2/c1-11-8-9-14(10-15(11)17)20-12(2)16(19)18-13-6-4-3-5-7-13/h3-10,12H,1-2H3,(H,18,19). The average molecular weight is 273 g/mol. The van der Waals surface area contributed by atoms with Crippen LogP contribution in [0.3, 0.4) is 0 Å². The zero-order chi connectivity index (χ0) is 14.5. The SMILES string of the molecule is Cc1ccc(OC(C)C(=O)Nc2ccccc2)cc1F. The Kier molecular flexibility index (Phi) is 4.35. The molecular weight excluding hydrogens is 257 g/mol. The lowest BCUT2D eigenvalue weighted by atomic mass is 10.2. The number of carbonyl (C=O) groups excluding carboxylic acids is 1. The van der Waals surface area contributed by atoms with Gasteiger partial charge in [0, 0.05) is 11.8 Å². The molecule has 0 saturated heterocycles. The molecule has 0 aliphatic rings. The third-order valence-electron chi connectivity index (χ3n) is 2.87. The van der Waals surface area contributed by atoms with E-state index in [9.17, 15) is 9.18 Å². The summed E-state index contributed by atoms with van der Waals surface area (Å²) < 4.78 is 18.8. The highest BCUT2D eigenvalue weighted by Crippen LogP contribution is 2.17. The largest absolute Gasteiger partial charge is 0.481 e. The number of benzene rings is 2. The van der Waals surface area contributed by atoms with Gasteiger partial charge in [-0.2, -0.15) is 0 Å². The van der Waals surface area contributed by atoms with E-state index in [1.807, 2.05) is 18.2 Å². The van der Waals surface area contributed by atoms with E-state index in [0.29, 0.717) is 17.0 Å². The van der Waals surface area contributed by atoms with Crippen molar-refractivity contribution in [3.8, 4) is 5.75 Å². The first-order valence-corrected chi connectivity index (χ1v) is 6.35. The van der Waals surface area contributed by atoms with Gasteiger partial charge in [-0.3, -0.25) is 4.79 Å². The first-order chi connectivity index (χ1) is 9.56. The Morgan fingerprint density at radius 2 is 1.90 bits per heavy atom. The molecule has 0 fully saturated rings. The minimum Gasteiger partial charge on any atom is -0.481 e. The van der Waals surface area contributed by atoms with E-state index >= 15 is 0 Å². The van der Waals surface area contributed by atoms with Gasteiger partial charge in [-0.25, -0.2) is 4.39 Å². The van der Waals surface area contributed by atoms with Crippen LogP contribution >= 0.6 is 0 Å². The zero-order valence-corrected chi connectivity index (χ0v) is 11.4. The Morgan fingerprint density at radius 1 is 1.20 bits per heavy atom. The molecule has 0 spiro atoms. The van der Waals surface area contributed by atoms with Gasteiger partial charge in [-0.15, -0.1) is 0 Å². The summed E-state index contributed by atoms with van der Waals surface area (Å²) in [5.41, 5.74) is 1.24. The number of carbonyl (C=O) groups is 1. The summed E-state index contributed by atoms with van der Waals surface area (Å²) in [5.74, 6) is -0.292. The summed E-state index contributed by atoms with van der Waals surface area (Å²) in [7, 11) is 0. The van der Waals surface area contributed by atoms with Crippen molar-refractivity contribution in [2.75, 3.05) is 5.32 Å². The van der Waals surface area contributed by atoms with Gasteiger partial charge in [0.05, 0.1) is 0 Å². The lowest BCUT2D eigenvalue weighted by molar-refractivity contribution is -0.122. The molecule has 4 heteroatoms. The number of ether oxygens (including phenoxy) is 1. The number of aryl methyl sites for hydroxylation is 1. The maximum absolute atomic E-state index is 13.4. The van der Waals surface area contributed by atoms with E-state index in [2.05, 4.69) is 5.32 Å². The summed E-state index contributed by atoms with van der Waals surface area (Å²) >= 11 is 0. The fourth-order valence-corrected chi connectivity index (χ4v) is 1.67. The minimum absolute atomic E-state index is 0.280. The molecule has 0 aliphatic heterocycles. The number of nitrogens with one attached hydrogen (secondary N) is 1. The van der Waals surface area contributed by atoms with Crippen LogP contribution in [0.1, 0.15) is 12.5 Å². The highest BCUT2D eigenvalue weighted by atomic mass is 19.1. The topological polar surface area (TPSA) is 38.3 Å². The summed E-state index contributed by atoms with van der Waals surface area (Å²) in [6.45, 7) is 3.29. The van der Waals surface area contributed by atoms with E-state index < -0.39 is 6.10 Å². The molecule has 0 aromatic heterocycles. The van der Waals surface area contributed by atoms with Crippen LogP contribution in [0.5, 0.6) is 5.75 Å². The second kappa shape index (κ2) is 6.19. The molecule has 2 aromatic rings. The van der Waals surface area contributed by atoms with Gasteiger partial charge in [0.25, 0.3) is 5.91 Å². The summed E-state index contributed by atoms with van der Waals surface area (Å²) in [4.78, 5) is 11.9. The van der Waals surface area contributed by atoms with Gasteiger partial charge in [-0.05, 0) is 37.6 Å². The maximum Gasteiger partial charge on any atom is 0.265 e. The van der Waals surface area contributed by atoms with Crippen LogP contribution in [0.15, 0.2) is 48.5 Å². The third-order valence-corrected chi connectivity index (χ3v) is 2.87. The number of hydrogen-bond acceptors (Lipinski definition) is 2. The molecular formula is C16H16FNO2. The lowest BCUT2D eigenvalue weighted by Crippen LogP contribution is -2.30. The molecule has 1 amide bonds. The molecule has 0 aliphatic carbocycles. The average Bonchev–Trinajstić information content (AvgIpc) is 2.44. The Balaban J connectivity index is 1.98. The van der Waals surface area contributed by atoms with Crippen LogP contribution in [0.25, 0.3) is 0 Å². The first-order valence-electron chi connectivity index (χ1n) is 6.35. The molecule has 1 atom stereocenters. The highest BCUT2D eigenvalue weighted by Gasteiger charge is 2.15. The number of anilines is 1. The molecule has 2 rings (SSSR count). The minimum atomic E-state index is -0.711. The van der Waals surface area contributed by atoms with Gasteiger partial charge in [0.1, 0.15) is 11.6 Å². The maximum atomic E-state index is 13.4. The van der Waals surface area contributed by atoms with Crippen molar-refractivity contribution in [2.45, 2.75) is 20.0 Å². The third kappa shape index (κ3) is 3.57. The number of hydrogen-bond donors (Lipinski definition) is 1. The van der Waals surface area contributed by atoms with Crippen molar-refractivity contribution >= 4 is 11.6 Å². The Morgan fingerprint density at radius 3 is 2.55 bits per heavy atom. The summed E-state index contributed by atoms with van der Waals surface area (Å²) in [5, 5.41) is 2.73. The van der Waals surface area contributed by atoms with Crippen molar-refractivity contribution in [3.63, 3.8) is 0 Å². The summed E-state index contributed by atoms with van der Waals surface area (Å²) in [6.07, 6.45) is -0.711. The molecule has 0 heterocycles. The molecule has 0 saturated carbocycles. The molecule has 0 radical (unpaired) electrons. The molecule has 1 unspecified atom stereocenters. The lowest BCUT2D eigenvalue weighted by Gasteiger charge is -2.15. The van der Waals surface area contributed by atoms with Gasteiger partial charge >= 0.3 is 0 Å². The molecule has 104 valence electrons. The Hall–Kier alpha value is -2.36. The number of para-hydroxylation sites is 1. The van der Waals surface area contributed by atoms with Crippen LogP contribution in [0.4, 0.5) is 10.1 Å². The van der Waals surface area contributed by atoms with E-state index in [0.717, 1.165) is 0 Å². The van der Waals surface area contributed by atoms with Crippen molar-refractivity contribution in [1.29, 1.82) is 0 Å². The molecule has 0 bridgehead atoms. The number of rotatable bonds is 4. The molecule has 1 N–H and O–H groups in total. The van der Waals surface area contributed by atoms with Crippen molar-refractivity contribution in [1.82, 2.24) is 0 Å². The van der Waals surface area contributed by atoms with Gasteiger partial charge in [-0.1, -0.05) is 24.3 Å². The zero-order valence-electron chi connectivity index (χ0n) is 11.4. The van der Waals surface area contributed by atoms with Gasteiger partial charge < -0.3 is 10.1 Å². The predicted octanol–water partition coefficient (Wildman–Crippen LogP) is 3.54. The fourth-order valence-electron chi connectivity index (χ4n) is 1.67. The molecule has 3 nitrogen and oxygen atoms in total. The first kappa shape index (κ1) is 14.1. The predicted molar refractivity (Wildman–Crippen MR) is 76.3 cm³/mol. The van der Waals surface area contributed by atoms with Crippen LogP contribution in [0.2, 0.25) is 0 Å². The molecule has 2 aromatic carbocycles. The van der Waals surface area contributed by atoms with Crippen molar-refractivity contribution in [3.05, 3.63) is 59.9 Å². The van der Waals surface area contributed by atoms with Crippen molar-refractivity contribution in [2.24, 2.45) is 0 Å². The van der Waals surface area contributed by atoms with E-state index in [1.54, 1.807) is 38.1 Å². The van der Waals surface area contributed by atoms with Crippen LogP contribution in [0, 0.1) is 12.7 Å². The Labute approximate surface area is 117 Å². The second-order valence-electron chi connectivity index (χ2n) is 4.53. The Bertz CT molecular complexity index is 599.